The van der Waals surface area contributed by atoms with Gasteiger partial charge in [-0.05, 0) is 53.9 Å². The molecular weight excluding hydrogens is 449 g/mol. The second kappa shape index (κ2) is 9.13. The minimum Gasteiger partial charge on any atom is -0.507 e. The lowest BCUT2D eigenvalue weighted by Crippen LogP contribution is -2.31. The maximum absolute atomic E-state index is 13.7. The number of phenols is 1. The number of carbonyl (C=O) groups is 1. The highest BCUT2D eigenvalue weighted by molar-refractivity contribution is 6.00. The predicted octanol–water partition coefficient (Wildman–Crippen LogP) is 4.73. The van der Waals surface area contributed by atoms with E-state index in [4.69, 9.17) is 9.47 Å². The average Bonchev–Trinajstić information content (AvgIpc) is 3.42. The van der Waals surface area contributed by atoms with E-state index in [1.165, 1.54) is 12.1 Å². The molecule has 1 aromatic heterocycles. The SMILES string of the molecule is COc1ccc(CCN2C(=O)c3[nH]nc(-c4ccccc4O)c3[C@@H]2c2ccc(F)cc2)cc1OC. The number of para-hydroxylation sites is 1. The van der Waals surface area contributed by atoms with Crippen LogP contribution in [-0.2, 0) is 6.42 Å². The Morgan fingerprint density at radius 1 is 1.03 bits per heavy atom. The van der Waals surface area contributed by atoms with Gasteiger partial charge < -0.3 is 19.5 Å². The number of hydrogen-bond acceptors (Lipinski definition) is 5. The molecule has 0 radical (unpaired) electrons. The Labute approximate surface area is 201 Å². The zero-order valence-corrected chi connectivity index (χ0v) is 19.3. The normalized spacial score (nSPS) is 14.8. The molecule has 1 amide bonds. The molecular formula is C27H24FN3O4. The number of ether oxygens (including phenoxy) is 2. The fourth-order valence-corrected chi connectivity index (χ4v) is 4.58. The lowest BCUT2D eigenvalue weighted by molar-refractivity contribution is 0.0746. The molecule has 4 aromatic rings. The number of methoxy groups -OCH3 is 2. The first kappa shape index (κ1) is 22.5. The Hall–Kier alpha value is -4.33. The zero-order valence-electron chi connectivity index (χ0n) is 19.3. The molecule has 0 saturated carbocycles. The Kier molecular flexibility index (Phi) is 5.86. The maximum atomic E-state index is 13.7. The smallest absolute Gasteiger partial charge is 0.273 e. The first-order chi connectivity index (χ1) is 17.0. The minimum absolute atomic E-state index is 0.0656. The van der Waals surface area contributed by atoms with Gasteiger partial charge in [0, 0.05) is 17.7 Å². The molecule has 8 heteroatoms. The van der Waals surface area contributed by atoms with Crippen LogP contribution < -0.4 is 9.47 Å². The van der Waals surface area contributed by atoms with Crippen molar-refractivity contribution < 1.29 is 23.8 Å². The second-order valence-electron chi connectivity index (χ2n) is 8.27. The van der Waals surface area contributed by atoms with Crippen LogP contribution >= 0.6 is 0 Å². The molecule has 2 N–H and O–H groups in total. The summed E-state index contributed by atoms with van der Waals surface area (Å²) in [6.07, 6.45) is 0.563. The summed E-state index contributed by atoms with van der Waals surface area (Å²) in [5.74, 6) is 0.748. The highest BCUT2D eigenvalue weighted by atomic mass is 19.1. The number of aromatic hydroxyl groups is 1. The van der Waals surface area contributed by atoms with Gasteiger partial charge in [-0.3, -0.25) is 9.89 Å². The Morgan fingerprint density at radius 2 is 1.77 bits per heavy atom. The number of carbonyl (C=O) groups excluding carboxylic acids is 1. The van der Waals surface area contributed by atoms with Crippen LogP contribution in [0.5, 0.6) is 17.2 Å². The predicted molar refractivity (Wildman–Crippen MR) is 128 cm³/mol. The average molecular weight is 474 g/mol. The minimum atomic E-state index is -0.494. The molecule has 0 spiro atoms. The fraction of sp³-hybridized carbons (Fsp3) is 0.185. The van der Waals surface area contributed by atoms with E-state index in [1.54, 1.807) is 55.5 Å². The lowest BCUT2D eigenvalue weighted by atomic mass is 9.95. The van der Waals surface area contributed by atoms with Crippen LogP contribution in [0.2, 0.25) is 0 Å². The van der Waals surface area contributed by atoms with Gasteiger partial charge in [0.15, 0.2) is 11.5 Å². The van der Waals surface area contributed by atoms with Crippen molar-refractivity contribution in [3.05, 3.63) is 94.9 Å². The van der Waals surface area contributed by atoms with Crippen LogP contribution in [-0.4, -0.2) is 46.9 Å². The van der Waals surface area contributed by atoms with Crippen LogP contribution in [0.25, 0.3) is 11.3 Å². The third-order valence-electron chi connectivity index (χ3n) is 6.30. The molecule has 0 fully saturated rings. The fourth-order valence-electron chi connectivity index (χ4n) is 4.58. The van der Waals surface area contributed by atoms with Crippen molar-refractivity contribution in [2.24, 2.45) is 0 Å². The van der Waals surface area contributed by atoms with E-state index >= 15 is 0 Å². The Bertz CT molecular complexity index is 1380. The topological polar surface area (TPSA) is 87.7 Å². The quantitative estimate of drug-likeness (QED) is 0.405. The van der Waals surface area contributed by atoms with Gasteiger partial charge in [0.25, 0.3) is 5.91 Å². The van der Waals surface area contributed by atoms with E-state index in [2.05, 4.69) is 10.2 Å². The number of hydrogen-bond donors (Lipinski definition) is 2. The number of halogens is 1. The molecule has 7 nitrogen and oxygen atoms in total. The molecule has 0 saturated heterocycles. The molecule has 35 heavy (non-hydrogen) atoms. The summed E-state index contributed by atoms with van der Waals surface area (Å²) in [7, 11) is 3.16. The number of H-pyrrole nitrogens is 1. The van der Waals surface area contributed by atoms with E-state index in [9.17, 15) is 14.3 Å². The van der Waals surface area contributed by atoms with Gasteiger partial charge in [-0.2, -0.15) is 5.10 Å². The first-order valence-electron chi connectivity index (χ1n) is 11.2. The Balaban J connectivity index is 1.54. The van der Waals surface area contributed by atoms with Crippen molar-refractivity contribution in [3.8, 4) is 28.5 Å². The van der Waals surface area contributed by atoms with Gasteiger partial charge in [0.2, 0.25) is 0 Å². The Morgan fingerprint density at radius 3 is 2.49 bits per heavy atom. The molecule has 1 aliphatic rings. The van der Waals surface area contributed by atoms with Gasteiger partial charge in [-0.15, -0.1) is 0 Å². The van der Waals surface area contributed by atoms with Gasteiger partial charge in [-0.1, -0.05) is 30.3 Å². The van der Waals surface area contributed by atoms with Gasteiger partial charge in [-0.25, -0.2) is 4.39 Å². The van der Waals surface area contributed by atoms with E-state index < -0.39 is 6.04 Å². The molecule has 1 aliphatic heterocycles. The van der Waals surface area contributed by atoms with Gasteiger partial charge in [0.05, 0.1) is 20.3 Å². The number of nitrogens with one attached hydrogen (secondary N) is 1. The highest BCUT2D eigenvalue weighted by Crippen LogP contribution is 2.44. The van der Waals surface area contributed by atoms with Crippen LogP contribution in [0.3, 0.4) is 0 Å². The molecule has 5 rings (SSSR count). The molecule has 1 atom stereocenters. The molecule has 0 unspecified atom stereocenters. The standard InChI is InChI=1S/C27H24FN3O4/c1-34-21-12-7-16(15-22(21)35-2)13-14-31-26(17-8-10-18(28)11-9-17)23-24(29-30-25(23)27(31)33)19-5-3-4-6-20(19)32/h3-12,15,26,32H,13-14H2,1-2H3,(H,29,30)/t26-/m0/s1. The van der Waals surface area contributed by atoms with Crippen molar-refractivity contribution in [2.45, 2.75) is 12.5 Å². The summed E-state index contributed by atoms with van der Waals surface area (Å²) in [6.45, 7) is 0.402. The van der Waals surface area contributed by atoms with Crippen molar-refractivity contribution in [3.63, 3.8) is 0 Å². The number of rotatable bonds is 7. The summed E-state index contributed by atoms with van der Waals surface area (Å²) < 4.78 is 24.5. The molecule has 0 aliphatic carbocycles. The number of phenolic OH excluding ortho intramolecular Hbond substituents is 1. The number of aromatic nitrogens is 2. The summed E-state index contributed by atoms with van der Waals surface area (Å²) in [5.41, 5.74) is 3.77. The molecule has 2 heterocycles. The van der Waals surface area contributed by atoms with Crippen LogP contribution in [0, 0.1) is 5.82 Å². The number of amides is 1. The van der Waals surface area contributed by atoms with Crippen molar-refractivity contribution >= 4 is 5.91 Å². The van der Waals surface area contributed by atoms with E-state index in [-0.39, 0.29) is 17.5 Å². The van der Waals surface area contributed by atoms with Crippen molar-refractivity contribution in [1.82, 2.24) is 15.1 Å². The molecule has 178 valence electrons. The van der Waals surface area contributed by atoms with E-state index in [0.717, 1.165) is 11.1 Å². The number of benzene rings is 3. The second-order valence-corrected chi connectivity index (χ2v) is 8.27. The van der Waals surface area contributed by atoms with Gasteiger partial charge >= 0.3 is 0 Å². The first-order valence-corrected chi connectivity index (χ1v) is 11.2. The van der Waals surface area contributed by atoms with Crippen molar-refractivity contribution in [1.29, 1.82) is 0 Å². The number of fused-ring (bicyclic) bond motifs is 1. The highest BCUT2D eigenvalue weighted by Gasteiger charge is 2.42. The third-order valence-corrected chi connectivity index (χ3v) is 6.30. The maximum Gasteiger partial charge on any atom is 0.273 e. The zero-order chi connectivity index (χ0) is 24.5. The third kappa shape index (κ3) is 3.97. The molecule has 3 aromatic carbocycles. The van der Waals surface area contributed by atoms with E-state index in [1.807, 2.05) is 18.2 Å². The largest absolute Gasteiger partial charge is 0.507 e. The van der Waals surface area contributed by atoms with Crippen LogP contribution in [0.15, 0.2) is 66.7 Å². The molecule has 0 bridgehead atoms. The number of aromatic amines is 1. The summed E-state index contributed by atoms with van der Waals surface area (Å²) >= 11 is 0. The van der Waals surface area contributed by atoms with E-state index in [0.29, 0.717) is 47.0 Å². The number of nitrogens with zero attached hydrogens (tertiary/aromatic N) is 2. The summed E-state index contributed by atoms with van der Waals surface area (Å²) in [4.78, 5) is 15.2. The van der Waals surface area contributed by atoms with Crippen LogP contribution in [0.1, 0.15) is 33.2 Å². The summed E-state index contributed by atoms with van der Waals surface area (Å²) in [6, 6.07) is 18.1. The summed E-state index contributed by atoms with van der Waals surface area (Å²) in [5, 5.41) is 17.7. The lowest BCUT2D eigenvalue weighted by Gasteiger charge is -2.26. The van der Waals surface area contributed by atoms with Crippen molar-refractivity contribution in [2.75, 3.05) is 20.8 Å². The monoisotopic (exact) mass is 473 g/mol. The van der Waals surface area contributed by atoms with Crippen LogP contribution in [0.4, 0.5) is 4.39 Å². The van der Waals surface area contributed by atoms with Gasteiger partial charge in [0.1, 0.15) is 23.0 Å².